The predicted molar refractivity (Wildman–Crippen MR) is 110 cm³/mol. The quantitative estimate of drug-likeness (QED) is 0.622. The maximum absolute atomic E-state index is 12.5. The normalized spacial score (nSPS) is 11.3. The maximum Gasteiger partial charge on any atom is 0.263 e. The van der Waals surface area contributed by atoms with E-state index in [4.69, 9.17) is 4.74 Å². The summed E-state index contributed by atoms with van der Waals surface area (Å²) in [6.45, 7) is 5.73. The summed E-state index contributed by atoms with van der Waals surface area (Å²) in [6, 6.07) is 17.3. The van der Waals surface area contributed by atoms with Crippen molar-refractivity contribution in [1.29, 1.82) is 0 Å². The van der Waals surface area contributed by atoms with Crippen LogP contribution >= 0.6 is 0 Å². The number of benzene rings is 2. The van der Waals surface area contributed by atoms with Gasteiger partial charge in [0.05, 0.1) is 16.7 Å². The molecule has 2 aromatic carbocycles. The van der Waals surface area contributed by atoms with Gasteiger partial charge in [-0.05, 0) is 62.7 Å². The molecule has 0 fully saturated rings. The van der Waals surface area contributed by atoms with Gasteiger partial charge in [0.15, 0.2) is 11.6 Å². The summed E-state index contributed by atoms with van der Waals surface area (Å²) >= 11 is 0. The van der Waals surface area contributed by atoms with Gasteiger partial charge in [0.25, 0.3) is 10.0 Å². The third kappa shape index (κ3) is 4.98. The predicted octanol–water partition coefficient (Wildman–Crippen LogP) is 4.12. The van der Waals surface area contributed by atoms with E-state index in [0.29, 0.717) is 11.6 Å². The Morgan fingerprint density at radius 3 is 2.32 bits per heavy atom. The Morgan fingerprint density at radius 2 is 1.64 bits per heavy atom. The van der Waals surface area contributed by atoms with Crippen LogP contribution in [0.3, 0.4) is 0 Å². The standard InChI is InChI=1S/C20H22N4O3S/c1-14(2)27-18-10-5-4-9-17(18)21-19-11-12-20(23-22-19)24-28(25,26)16-8-6-7-15(3)13-16/h4-14H,1-3H3,(H,21,22)(H,23,24). The SMILES string of the molecule is Cc1cccc(S(=O)(=O)Nc2ccc(Nc3ccccc3OC(C)C)nn2)c1. The van der Waals surface area contributed by atoms with Crippen molar-refractivity contribution in [3.63, 3.8) is 0 Å². The van der Waals surface area contributed by atoms with Crippen LogP contribution < -0.4 is 14.8 Å². The first-order chi connectivity index (χ1) is 13.3. The highest BCUT2D eigenvalue weighted by atomic mass is 32.2. The maximum atomic E-state index is 12.5. The third-order valence-electron chi connectivity index (χ3n) is 3.72. The number of anilines is 3. The van der Waals surface area contributed by atoms with Crippen LogP contribution in [-0.2, 0) is 10.0 Å². The smallest absolute Gasteiger partial charge is 0.263 e. The van der Waals surface area contributed by atoms with Crippen LogP contribution in [-0.4, -0.2) is 24.7 Å². The van der Waals surface area contributed by atoms with E-state index in [1.165, 1.54) is 6.07 Å². The number of aryl methyl sites for hydroxylation is 1. The van der Waals surface area contributed by atoms with Gasteiger partial charge < -0.3 is 10.1 Å². The lowest BCUT2D eigenvalue weighted by Crippen LogP contribution is -2.14. The molecule has 0 bridgehead atoms. The highest BCUT2D eigenvalue weighted by Crippen LogP contribution is 2.27. The highest BCUT2D eigenvalue weighted by Gasteiger charge is 2.15. The fraction of sp³-hybridized carbons (Fsp3) is 0.200. The van der Waals surface area contributed by atoms with Crippen molar-refractivity contribution in [1.82, 2.24) is 10.2 Å². The first-order valence-electron chi connectivity index (χ1n) is 8.79. The lowest BCUT2D eigenvalue weighted by molar-refractivity contribution is 0.244. The van der Waals surface area contributed by atoms with E-state index in [1.807, 2.05) is 51.1 Å². The van der Waals surface area contributed by atoms with Gasteiger partial charge in [-0.3, -0.25) is 4.72 Å². The summed E-state index contributed by atoms with van der Waals surface area (Å²) in [6.07, 6.45) is 0.0347. The number of sulfonamides is 1. The molecular weight excluding hydrogens is 376 g/mol. The summed E-state index contributed by atoms with van der Waals surface area (Å²) in [5, 5.41) is 11.1. The second-order valence-electron chi connectivity index (χ2n) is 6.51. The number of hydrogen-bond acceptors (Lipinski definition) is 6. The van der Waals surface area contributed by atoms with Crippen molar-refractivity contribution in [2.45, 2.75) is 31.8 Å². The van der Waals surface area contributed by atoms with Crippen LogP contribution in [0.1, 0.15) is 19.4 Å². The first kappa shape index (κ1) is 19.6. The van der Waals surface area contributed by atoms with Crippen molar-refractivity contribution in [2.24, 2.45) is 0 Å². The van der Waals surface area contributed by atoms with Crippen LogP contribution in [0.25, 0.3) is 0 Å². The number of rotatable bonds is 7. The van der Waals surface area contributed by atoms with E-state index in [0.717, 1.165) is 11.3 Å². The molecule has 0 aliphatic rings. The number of nitrogens with one attached hydrogen (secondary N) is 2. The summed E-state index contributed by atoms with van der Waals surface area (Å²) in [7, 11) is -3.72. The molecule has 28 heavy (non-hydrogen) atoms. The Morgan fingerprint density at radius 1 is 0.929 bits per heavy atom. The van der Waals surface area contributed by atoms with Gasteiger partial charge in [-0.25, -0.2) is 8.42 Å². The minimum absolute atomic E-state index is 0.0347. The summed E-state index contributed by atoms with van der Waals surface area (Å²) in [4.78, 5) is 0.177. The molecule has 0 spiro atoms. The van der Waals surface area contributed by atoms with E-state index in [-0.39, 0.29) is 16.8 Å². The number of hydrogen-bond donors (Lipinski definition) is 2. The van der Waals surface area contributed by atoms with Crippen molar-refractivity contribution < 1.29 is 13.2 Å². The minimum Gasteiger partial charge on any atom is -0.489 e. The lowest BCUT2D eigenvalue weighted by Gasteiger charge is -2.15. The second-order valence-corrected chi connectivity index (χ2v) is 8.20. The molecule has 0 atom stereocenters. The average Bonchev–Trinajstić information content (AvgIpc) is 2.64. The summed E-state index contributed by atoms with van der Waals surface area (Å²) < 4.78 is 33.1. The fourth-order valence-electron chi connectivity index (χ4n) is 2.50. The number of aromatic nitrogens is 2. The van der Waals surface area contributed by atoms with E-state index in [1.54, 1.807) is 24.3 Å². The van der Waals surface area contributed by atoms with E-state index in [2.05, 4.69) is 20.2 Å². The minimum atomic E-state index is -3.72. The molecular formula is C20H22N4O3S. The van der Waals surface area contributed by atoms with E-state index < -0.39 is 10.0 Å². The number of nitrogens with zero attached hydrogens (tertiary/aromatic N) is 2. The lowest BCUT2D eigenvalue weighted by atomic mass is 10.2. The second kappa shape index (κ2) is 8.26. The number of ether oxygens (including phenoxy) is 1. The van der Waals surface area contributed by atoms with Gasteiger partial charge in [-0.1, -0.05) is 24.3 Å². The zero-order valence-electron chi connectivity index (χ0n) is 15.9. The van der Waals surface area contributed by atoms with E-state index in [9.17, 15) is 8.42 Å². The van der Waals surface area contributed by atoms with Crippen LogP contribution in [0.4, 0.5) is 17.3 Å². The molecule has 0 radical (unpaired) electrons. The molecule has 146 valence electrons. The van der Waals surface area contributed by atoms with Crippen molar-refractivity contribution in [3.05, 3.63) is 66.2 Å². The van der Waals surface area contributed by atoms with Gasteiger partial charge in [-0.2, -0.15) is 0 Å². The molecule has 1 heterocycles. The molecule has 1 aromatic heterocycles. The zero-order chi connectivity index (χ0) is 20.1. The molecule has 0 unspecified atom stereocenters. The van der Waals surface area contributed by atoms with Crippen LogP contribution in [0, 0.1) is 6.92 Å². The molecule has 3 aromatic rings. The van der Waals surface area contributed by atoms with Crippen LogP contribution in [0.15, 0.2) is 65.6 Å². The van der Waals surface area contributed by atoms with Crippen LogP contribution in [0.2, 0.25) is 0 Å². The topological polar surface area (TPSA) is 93.2 Å². The Labute approximate surface area is 164 Å². The molecule has 0 amide bonds. The molecule has 0 saturated carbocycles. The van der Waals surface area contributed by atoms with Crippen molar-refractivity contribution in [2.75, 3.05) is 10.0 Å². The zero-order valence-corrected chi connectivity index (χ0v) is 16.7. The number of para-hydroxylation sites is 2. The molecule has 7 nitrogen and oxygen atoms in total. The Balaban J connectivity index is 1.74. The summed E-state index contributed by atoms with van der Waals surface area (Å²) in [5.41, 5.74) is 1.61. The van der Waals surface area contributed by atoms with Crippen molar-refractivity contribution in [3.8, 4) is 5.75 Å². The average molecular weight is 398 g/mol. The Bertz CT molecular complexity index is 1050. The van der Waals surface area contributed by atoms with Crippen LogP contribution in [0.5, 0.6) is 5.75 Å². The largest absolute Gasteiger partial charge is 0.489 e. The van der Waals surface area contributed by atoms with E-state index >= 15 is 0 Å². The molecule has 3 rings (SSSR count). The molecule has 0 aliphatic heterocycles. The van der Waals surface area contributed by atoms with Gasteiger partial charge in [0, 0.05) is 0 Å². The van der Waals surface area contributed by atoms with Gasteiger partial charge in [0.1, 0.15) is 5.75 Å². The van der Waals surface area contributed by atoms with Gasteiger partial charge in [-0.15, -0.1) is 10.2 Å². The fourth-order valence-corrected chi connectivity index (χ4v) is 3.60. The molecule has 8 heteroatoms. The van der Waals surface area contributed by atoms with Crippen molar-refractivity contribution >= 4 is 27.3 Å². The van der Waals surface area contributed by atoms with Gasteiger partial charge >= 0.3 is 0 Å². The Kier molecular flexibility index (Phi) is 5.79. The first-order valence-corrected chi connectivity index (χ1v) is 10.3. The molecule has 0 aliphatic carbocycles. The monoisotopic (exact) mass is 398 g/mol. The molecule has 2 N–H and O–H groups in total. The summed E-state index contributed by atoms with van der Waals surface area (Å²) in [5.74, 6) is 1.31. The van der Waals surface area contributed by atoms with Gasteiger partial charge in [0.2, 0.25) is 0 Å². The highest BCUT2D eigenvalue weighted by molar-refractivity contribution is 7.92. The Hall–Kier alpha value is -3.13. The molecule has 0 saturated heterocycles. The third-order valence-corrected chi connectivity index (χ3v) is 5.07.